The summed E-state index contributed by atoms with van der Waals surface area (Å²) in [4.78, 5) is 27.4. The van der Waals surface area contributed by atoms with Gasteiger partial charge in [0.2, 0.25) is 11.8 Å². The molecule has 4 N–H and O–H groups in total. The number of rotatable bonds is 6. The highest BCUT2D eigenvalue weighted by atomic mass is 19.4. The average molecular weight is 417 g/mol. The molecule has 1 aromatic heterocycles. The Morgan fingerprint density at radius 1 is 1.13 bits per heavy atom. The van der Waals surface area contributed by atoms with E-state index in [9.17, 15) is 27.9 Å². The van der Waals surface area contributed by atoms with Crippen molar-refractivity contribution in [2.24, 2.45) is 0 Å². The second kappa shape index (κ2) is 8.83. The molecule has 30 heavy (non-hydrogen) atoms. The van der Waals surface area contributed by atoms with Crippen LogP contribution in [0.1, 0.15) is 11.1 Å². The van der Waals surface area contributed by atoms with E-state index >= 15 is 0 Å². The normalized spacial score (nSPS) is 12.8. The summed E-state index contributed by atoms with van der Waals surface area (Å²) >= 11 is 0. The summed E-state index contributed by atoms with van der Waals surface area (Å²) < 4.78 is 38.3. The van der Waals surface area contributed by atoms with Gasteiger partial charge in [-0.2, -0.15) is 13.2 Å². The molecule has 2 aromatic carbocycles. The highest BCUT2D eigenvalue weighted by molar-refractivity contribution is 6.01. The summed E-state index contributed by atoms with van der Waals surface area (Å²) in [5, 5.41) is 14.9. The van der Waals surface area contributed by atoms with E-state index in [0.717, 1.165) is 34.7 Å². The van der Waals surface area contributed by atoms with Crippen LogP contribution in [0.25, 0.3) is 17.0 Å². The van der Waals surface area contributed by atoms with Gasteiger partial charge in [-0.25, -0.2) is 0 Å². The number of para-hydroxylation sites is 1. The van der Waals surface area contributed by atoms with Crippen molar-refractivity contribution in [2.75, 3.05) is 11.9 Å². The van der Waals surface area contributed by atoms with E-state index < -0.39 is 36.2 Å². The zero-order valence-electron chi connectivity index (χ0n) is 15.5. The fourth-order valence-corrected chi connectivity index (χ4v) is 2.81. The minimum Gasteiger partial charge on any atom is -0.394 e. The Morgan fingerprint density at radius 3 is 2.63 bits per heavy atom. The molecule has 2 amide bonds. The van der Waals surface area contributed by atoms with Crippen LogP contribution in [0.3, 0.4) is 0 Å². The van der Waals surface area contributed by atoms with Crippen LogP contribution < -0.4 is 10.6 Å². The van der Waals surface area contributed by atoms with E-state index in [1.807, 2.05) is 24.3 Å². The van der Waals surface area contributed by atoms with Gasteiger partial charge in [0.1, 0.15) is 6.04 Å². The van der Waals surface area contributed by atoms with E-state index in [1.54, 1.807) is 12.3 Å². The molecule has 0 saturated heterocycles. The molecule has 3 rings (SSSR count). The number of H-pyrrole nitrogens is 1. The number of aliphatic hydroxyl groups is 1. The highest BCUT2D eigenvalue weighted by Gasteiger charge is 2.30. The molecule has 9 heteroatoms. The SMILES string of the molecule is O=C(C=Cc1c[nH]c2ccccc12)N[C@@H](CO)C(=O)Nc1cccc(C(F)(F)F)c1. The number of aromatic nitrogens is 1. The predicted octanol–water partition coefficient (Wildman–Crippen LogP) is 3.32. The Hall–Kier alpha value is -3.59. The van der Waals surface area contributed by atoms with Crippen molar-refractivity contribution in [1.82, 2.24) is 10.3 Å². The Labute approximate surface area is 169 Å². The zero-order valence-corrected chi connectivity index (χ0v) is 15.5. The lowest BCUT2D eigenvalue weighted by Crippen LogP contribution is -2.45. The van der Waals surface area contributed by atoms with Gasteiger partial charge in [0.05, 0.1) is 12.2 Å². The van der Waals surface area contributed by atoms with Gasteiger partial charge in [0, 0.05) is 28.9 Å². The number of halogens is 3. The minimum absolute atomic E-state index is 0.100. The van der Waals surface area contributed by atoms with E-state index in [4.69, 9.17) is 0 Å². The smallest absolute Gasteiger partial charge is 0.394 e. The average Bonchev–Trinajstić information content (AvgIpc) is 3.13. The molecular weight excluding hydrogens is 399 g/mol. The van der Waals surface area contributed by atoms with Gasteiger partial charge in [-0.05, 0) is 35.9 Å². The monoisotopic (exact) mass is 417 g/mol. The van der Waals surface area contributed by atoms with Gasteiger partial charge in [0.25, 0.3) is 0 Å². The van der Waals surface area contributed by atoms with Gasteiger partial charge < -0.3 is 20.7 Å². The van der Waals surface area contributed by atoms with Crippen molar-refractivity contribution in [1.29, 1.82) is 0 Å². The standard InChI is InChI=1S/C21H18F3N3O3/c22-21(23,24)14-4-3-5-15(10-14)26-20(30)18(12-28)27-19(29)9-8-13-11-25-17-7-2-1-6-16(13)17/h1-11,18,25,28H,12H2,(H,26,30)(H,27,29)/t18-/m0/s1. The molecule has 0 aliphatic rings. The van der Waals surface area contributed by atoms with Crippen molar-refractivity contribution in [2.45, 2.75) is 12.2 Å². The van der Waals surface area contributed by atoms with Crippen LogP contribution in [0.5, 0.6) is 0 Å². The first-order chi connectivity index (χ1) is 14.3. The molecule has 0 unspecified atom stereocenters. The maximum atomic E-state index is 12.8. The van der Waals surface area contributed by atoms with E-state index in [2.05, 4.69) is 15.6 Å². The van der Waals surface area contributed by atoms with Gasteiger partial charge in [-0.1, -0.05) is 24.3 Å². The molecule has 1 atom stereocenters. The molecule has 6 nitrogen and oxygen atoms in total. The molecule has 0 aliphatic heterocycles. The number of anilines is 1. The maximum Gasteiger partial charge on any atom is 0.416 e. The number of nitrogens with one attached hydrogen (secondary N) is 3. The van der Waals surface area contributed by atoms with Crippen LogP contribution in [0.4, 0.5) is 18.9 Å². The van der Waals surface area contributed by atoms with Crippen LogP contribution in [-0.4, -0.2) is 34.6 Å². The lowest BCUT2D eigenvalue weighted by Gasteiger charge is -2.16. The predicted molar refractivity (Wildman–Crippen MR) is 106 cm³/mol. The number of amides is 2. The second-order valence-corrected chi connectivity index (χ2v) is 6.43. The number of aromatic amines is 1. The second-order valence-electron chi connectivity index (χ2n) is 6.43. The highest BCUT2D eigenvalue weighted by Crippen LogP contribution is 2.30. The molecule has 0 radical (unpaired) electrons. The lowest BCUT2D eigenvalue weighted by molar-refractivity contribution is -0.137. The van der Waals surface area contributed by atoms with Crippen molar-refractivity contribution in [3.05, 3.63) is 71.9 Å². The molecule has 0 aliphatic carbocycles. The molecule has 0 fully saturated rings. The van der Waals surface area contributed by atoms with Gasteiger partial charge in [-0.15, -0.1) is 0 Å². The van der Waals surface area contributed by atoms with Crippen molar-refractivity contribution in [3.63, 3.8) is 0 Å². The van der Waals surface area contributed by atoms with Crippen molar-refractivity contribution in [3.8, 4) is 0 Å². The minimum atomic E-state index is -4.56. The first-order valence-electron chi connectivity index (χ1n) is 8.91. The third-order valence-corrected chi connectivity index (χ3v) is 4.31. The molecule has 0 spiro atoms. The number of alkyl halides is 3. The molecule has 1 heterocycles. The molecule has 3 aromatic rings. The Morgan fingerprint density at radius 2 is 1.90 bits per heavy atom. The van der Waals surface area contributed by atoms with Gasteiger partial charge >= 0.3 is 6.18 Å². The maximum absolute atomic E-state index is 12.8. The molecule has 0 saturated carbocycles. The quantitative estimate of drug-likeness (QED) is 0.464. The summed E-state index contributed by atoms with van der Waals surface area (Å²) in [7, 11) is 0. The first kappa shape index (κ1) is 21.1. The summed E-state index contributed by atoms with van der Waals surface area (Å²) in [6.45, 7) is -0.725. The number of carbonyl (C=O) groups is 2. The number of fused-ring (bicyclic) bond motifs is 1. The van der Waals surface area contributed by atoms with Crippen LogP contribution in [0.2, 0.25) is 0 Å². The van der Waals surface area contributed by atoms with E-state index in [1.165, 1.54) is 12.1 Å². The Kier molecular flexibility index (Phi) is 6.22. The number of hydrogen-bond acceptors (Lipinski definition) is 3. The Bertz CT molecular complexity index is 1090. The Balaban J connectivity index is 1.64. The van der Waals surface area contributed by atoms with Crippen LogP contribution in [0.15, 0.2) is 60.8 Å². The summed E-state index contributed by atoms with van der Waals surface area (Å²) in [5.41, 5.74) is 0.629. The van der Waals surface area contributed by atoms with E-state index in [0.29, 0.717) is 0 Å². The lowest BCUT2D eigenvalue weighted by atomic mass is 10.1. The zero-order chi connectivity index (χ0) is 21.7. The molecule has 156 valence electrons. The van der Waals surface area contributed by atoms with Crippen LogP contribution in [0, 0.1) is 0 Å². The van der Waals surface area contributed by atoms with Crippen molar-refractivity contribution < 1.29 is 27.9 Å². The third-order valence-electron chi connectivity index (χ3n) is 4.31. The fraction of sp³-hybridized carbons (Fsp3) is 0.143. The number of benzene rings is 2. The van der Waals surface area contributed by atoms with E-state index in [-0.39, 0.29) is 5.69 Å². The van der Waals surface area contributed by atoms with Gasteiger partial charge in [0.15, 0.2) is 0 Å². The van der Waals surface area contributed by atoms with Crippen molar-refractivity contribution >= 4 is 34.5 Å². The largest absolute Gasteiger partial charge is 0.416 e. The van der Waals surface area contributed by atoms with Gasteiger partial charge in [-0.3, -0.25) is 9.59 Å². The summed E-state index contributed by atoms with van der Waals surface area (Å²) in [6, 6.07) is 10.2. The van der Waals surface area contributed by atoms with Crippen LogP contribution in [-0.2, 0) is 15.8 Å². The fourth-order valence-electron chi connectivity index (χ4n) is 2.81. The molecular formula is C21H18F3N3O3. The first-order valence-corrected chi connectivity index (χ1v) is 8.91. The number of carbonyl (C=O) groups excluding carboxylic acids is 2. The number of aliphatic hydroxyl groups excluding tert-OH is 1. The van der Waals surface area contributed by atoms with Crippen LogP contribution >= 0.6 is 0 Å². The topological polar surface area (TPSA) is 94.2 Å². The number of hydrogen-bond donors (Lipinski definition) is 4. The summed E-state index contributed by atoms with van der Waals surface area (Å²) in [5.74, 6) is -1.48. The summed E-state index contributed by atoms with van der Waals surface area (Å²) in [6.07, 6.45) is -0.0833. The third kappa shape index (κ3) is 5.06. The molecule has 0 bridgehead atoms.